The Kier molecular flexibility index (Phi) is 5.09. The molecule has 42 heavy (non-hydrogen) atoms. The molecule has 3 aliphatic carbocycles. The van der Waals surface area contributed by atoms with E-state index in [2.05, 4.69) is 115 Å². The molecule has 0 radical (unpaired) electrons. The SMILES string of the molecule is CC1(C)c2ccccc2-c2ccc3c4cc5c(cc4n(C4N=C(c6ccccc6)C6=C(CCCC6)N4)c3c21)CCC=C5. The first kappa shape index (κ1) is 24.2. The maximum atomic E-state index is 5.61. The van der Waals surface area contributed by atoms with Gasteiger partial charge in [-0.1, -0.05) is 92.7 Å². The van der Waals surface area contributed by atoms with Crippen LogP contribution in [-0.4, -0.2) is 10.3 Å². The Hall–Kier alpha value is -4.37. The number of aliphatic imine (C=N–C) groups is 1. The van der Waals surface area contributed by atoms with E-state index in [9.17, 15) is 0 Å². The zero-order valence-electron chi connectivity index (χ0n) is 24.4. The second-order valence-corrected chi connectivity index (χ2v) is 13.0. The Morgan fingerprint density at radius 3 is 2.57 bits per heavy atom. The van der Waals surface area contributed by atoms with Crippen molar-refractivity contribution >= 4 is 33.6 Å². The van der Waals surface area contributed by atoms with Crippen molar-refractivity contribution in [2.24, 2.45) is 4.99 Å². The Bertz CT molecular complexity index is 2030. The third kappa shape index (κ3) is 3.31. The van der Waals surface area contributed by atoms with Gasteiger partial charge in [-0.15, -0.1) is 0 Å². The van der Waals surface area contributed by atoms with Gasteiger partial charge in [-0.25, -0.2) is 4.99 Å². The van der Waals surface area contributed by atoms with Crippen LogP contribution in [0.3, 0.4) is 0 Å². The van der Waals surface area contributed by atoms with E-state index in [-0.39, 0.29) is 11.7 Å². The molecule has 1 aromatic heterocycles. The van der Waals surface area contributed by atoms with Gasteiger partial charge in [-0.3, -0.25) is 0 Å². The van der Waals surface area contributed by atoms with Gasteiger partial charge in [-0.05, 0) is 89.6 Å². The molecule has 3 nitrogen and oxygen atoms in total. The van der Waals surface area contributed by atoms with Gasteiger partial charge in [-0.2, -0.15) is 0 Å². The van der Waals surface area contributed by atoms with Crippen molar-refractivity contribution in [3.8, 4) is 11.1 Å². The van der Waals surface area contributed by atoms with Crippen LogP contribution in [0.5, 0.6) is 0 Å². The average Bonchev–Trinajstić information content (AvgIpc) is 3.48. The summed E-state index contributed by atoms with van der Waals surface area (Å²) in [5.74, 6) is 0. The second-order valence-electron chi connectivity index (χ2n) is 13.0. The summed E-state index contributed by atoms with van der Waals surface area (Å²) in [5.41, 5.74) is 16.0. The fourth-order valence-electron chi connectivity index (χ4n) is 8.25. The van der Waals surface area contributed by atoms with Crippen LogP contribution in [0.15, 0.2) is 101 Å². The van der Waals surface area contributed by atoms with Crippen LogP contribution in [0, 0.1) is 0 Å². The van der Waals surface area contributed by atoms with Crippen LogP contribution < -0.4 is 5.32 Å². The highest BCUT2D eigenvalue weighted by molar-refractivity contribution is 6.15. The highest BCUT2D eigenvalue weighted by Gasteiger charge is 2.39. The van der Waals surface area contributed by atoms with E-state index in [4.69, 9.17) is 4.99 Å². The summed E-state index contributed by atoms with van der Waals surface area (Å²) in [5, 5.41) is 6.66. The van der Waals surface area contributed by atoms with Gasteiger partial charge < -0.3 is 9.88 Å². The highest BCUT2D eigenvalue weighted by Crippen LogP contribution is 2.53. The fraction of sp³-hybridized carbons (Fsp3) is 0.256. The van der Waals surface area contributed by atoms with Gasteiger partial charge in [0.05, 0.1) is 16.7 Å². The van der Waals surface area contributed by atoms with Crippen molar-refractivity contribution in [2.45, 2.75) is 64.1 Å². The molecule has 0 spiro atoms. The maximum Gasteiger partial charge on any atom is 0.201 e. The lowest BCUT2D eigenvalue weighted by Crippen LogP contribution is -2.34. The molecule has 4 aliphatic rings. The van der Waals surface area contributed by atoms with Crippen LogP contribution in [0.1, 0.15) is 80.1 Å². The second kappa shape index (κ2) is 8.82. The molecular weight excluding hydrogens is 510 g/mol. The van der Waals surface area contributed by atoms with Gasteiger partial charge in [0.15, 0.2) is 0 Å². The molecule has 1 unspecified atom stereocenters. The molecule has 0 bridgehead atoms. The number of nitrogens with one attached hydrogen (secondary N) is 1. The third-order valence-corrected chi connectivity index (χ3v) is 10.2. The number of hydrogen-bond acceptors (Lipinski definition) is 2. The van der Waals surface area contributed by atoms with Crippen LogP contribution in [0.4, 0.5) is 0 Å². The van der Waals surface area contributed by atoms with Crippen molar-refractivity contribution in [3.63, 3.8) is 0 Å². The number of fused-ring (bicyclic) bond motifs is 8. The van der Waals surface area contributed by atoms with Crippen molar-refractivity contribution in [1.29, 1.82) is 0 Å². The molecular formula is C39H35N3. The van der Waals surface area contributed by atoms with Crippen LogP contribution in [-0.2, 0) is 11.8 Å². The molecule has 9 rings (SSSR count). The first-order valence-corrected chi connectivity index (χ1v) is 15.6. The first-order chi connectivity index (χ1) is 20.6. The number of benzene rings is 4. The number of aromatic nitrogens is 1. The topological polar surface area (TPSA) is 29.3 Å². The Labute approximate surface area is 247 Å². The van der Waals surface area contributed by atoms with E-state index in [1.54, 1.807) is 0 Å². The van der Waals surface area contributed by atoms with E-state index >= 15 is 0 Å². The predicted octanol–water partition coefficient (Wildman–Crippen LogP) is 9.44. The Morgan fingerprint density at radius 2 is 1.67 bits per heavy atom. The molecule has 0 saturated heterocycles. The standard InChI is InChI=1S/C39H35N3/c1-39(2)32-18-10-8-16-27(32)28-20-21-29-31-22-25-14-6-7-15-26(25)23-34(31)42(37(29)35(28)39)38-40-33-19-11-9-17-30(33)36(41-38)24-12-4-3-5-13-24/h3-6,8,10,12-14,16,18,20-23,38,40H,7,9,11,15,17,19H2,1-2H3. The minimum atomic E-state index is -0.208. The smallest absolute Gasteiger partial charge is 0.201 e. The molecule has 0 amide bonds. The van der Waals surface area contributed by atoms with Crippen molar-refractivity contribution < 1.29 is 0 Å². The molecule has 5 aromatic rings. The molecule has 0 saturated carbocycles. The predicted molar refractivity (Wildman–Crippen MR) is 175 cm³/mol. The fourth-order valence-corrected chi connectivity index (χ4v) is 8.25. The number of nitrogens with zero attached hydrogens (tertiary/aromatic N) is 2. The normalized spacial score (nSPS) is 20.1. The zero-order chi connectivity index (χ0) is 28.0. The summed E-state index contributed by atoms with van der Waals surface area (Å²) < 4.78 is 2.57. The van der Waals surface area contributed by atoms with Crippen LogP contribution in [0.2, 0.25) is 0 Å². The van der Waals surface area contributed by atoms with Gasteiger partial charge in [0.25, 0.3) is 0 Å². The largest absolute Gasteiger partial charge is 0.350 e. The van der Waals surface area contributed by atoms with E-state index in [0.29, 0.717) is 0 Å². The summed E-state index contributed by atoms with van der Waals surface area (Å²) >= 11 is 0. The summed E-state index contributed by atoms with van der Waals surface area (Å²) in [6.07, 6.45) is 11.3. The maximum absolute atomic E-state index is 5.61. The van der Waals surface area contributed by atoms with Crippen molar-refractivity contribution in [1.82, 2.24) is 9.88 Å². The van der Waals surface area contributed by atoms with Gasteiger partial charge in [0.1, 0.15) is 0 Å². The van der Waals surface area contributed by atoms with Crippen molar-refractivity contribution in [3.05, 3.63) is 124 Å². The van der Waals surface area contributed by atoms with E-state index < -0.39 is 0 Å². The van der Waals surface area contributed by atoms with Gasteiger partial charge in [0, 0.05) is 27.4 Å². The monoisotopic (exact) mass is 545 g/mol. The lowest BCUT2D eigenvalue weighted by Gasteiger charge is -2.33. The Balaban J connectivity index is 1.38. The van der Waals surface area contributed by atoms with Crippen LogP contribution >= 0.6 is 0 Å². The third-order valence-electron chi connectivity index (χ3n) is 10.2. The summed E-state index contributed by atoms with van der Waals surface area (Å²) in [6.45, 7) is 4.81. The molecule has 4 aromatic carbocycles. The van der Waals surface area contributed by atoms with Crippen LogP contribution in [0.25, 0.3) is 39.0 Å². The van der Waals surface area contributed by atoms with E-state index in [0.717, 1.165) is 25.7 Å². The molecule has 2 heterocycles. The quantitative estimate of drug-likeness (QED) is 0.235. The molecule has 1 aliphatic heterocycles. The highest BCUT2D eigenvalue weighted by atomic mass is 15.3. The molecule has 0 fully saturated rings. The van der Waals surface area contributed by atoms with E-state index in [1.807, 2.05) is 0 Å². The minimum absolute atomic E-state index is 0.118. The summed E-state index contributed by atoms with van der Waals surface area (Å²) in [7, 11) is 0. The summed E-state index contributed by atoms with van der Waals surface area (Å²) in [4.78, 5) is 5.61. The molecule has 206 valence electrons. The average molecular weight is 546 g/mol. The number of rotatable bonds is 2. The minimum Gasteiger partial charge on any atom is -0.350 e. The van der Waals surface area contributed by atoms with E-state index in [1.165, 1.54) is 90.6 Å². The Morgan fingerprint density at radius 1 is 0.833 bits per heavy atom. The number of allylic oxidation sites excluding steroid dienone is 3. The van der Waals surface area contributed by atoms with Crippen molar-refractivity contribution in [2.75, 3.05) is 0 Å². The summed E-state index contributed by atoms with van der Waals surface area (Å²) in [6, 6.07) is 29.5. The lowest BCUT2D eigenvalue weighted by atomic mass is 9.81. The number of hydrogen-bond donors (Lipinski definition) is 1. The lowest BCUT2D eigenvalue weighted by molar-refractivity contribution is 0.450. The molecule has 3 heteroatoms. The first-order valence-electron chi connectivity index (χ1n) is 15.6. The molecule has 1 atom stereocenters. The zero-order valence-corrected chi connectivity index (χ0v) is 24.4. The van der Waals surface area contributed by atoms with Gasteiger partial charge >= 0.3 is 0 Å². The van der Waals surface area contributed by atoms with Gasteiger partial charge in [0.2, 0.25) is 6.29 Å². The number of aryl methyl sites for hydroxylation is 1. The molecule has 1 N–H and O–H groups in total.